The largest absolute Gasteiger partial charge is 0.466 e. The van der Waals surface area contributed by atoms with E-state index in [1.54, 1.807) is 20.8 Å². The second-order valence-corrected chi connectivity index (χ2v) is 2.97. The molecule has 0 bridgehead atoms. The van der Waals surface area contributed by atoms with Gasteiger partial charge in [-0.3, -0.25) is 4.79 Å². The van der Waals surface area contributed by atoms with Crippen molar-refractivity contribution >= 4 is 18.4 Å². The minimum atomic E-state index is -0.452. The van der Waals surface area contributed by atoms with Crippen LogP contribution in [-0.4, -0.2) is 18.1 Å². The molecule has 0 aromatic rings. The second-order valence-electron chi connectivity index (χ2n) is 2.97. The molecular weight excluding hydrogens is 166 g/mol. The number of carbonyl (C=O) groups is 1. The molecule has 11 heavy (non-hydrogen) atoms. The molecule has 0 unspecified atom stereocenters. The molecule has 0 rings (SSSR count). The Hall–Kier alpha value is -0.280. The van der Waals surface area contributed by atoms with Crippen LogP contribution in [0, 0.1) is 0 Å². The van der Waals surface area contributed by atoms with Crippen molar-refractivity contribution < 1.29 is 9.53 Å². The van der Waals surface area contributed by atoms with Gasteiger partial charge in [-0.05, 0) is 20.8 Å². The first-order valence-electron chi connectivity index (χ1n) is 3.40. The lowest BCUT2D eigenvalue weighted by molar-refractivity contribution is -0.144. The molecule has 0 radical (unpaired) electrons. The number of rotatable bonds is 3. The number of hydrogen-bond acceptors (Lipinski definition) is 3. The first-order chi connectivity index (χ1) is 4.45. The van der Waals surface area contributed by atoms with Crippen molar-refractivity contribution in [1.29, 1.82) is 0 Å². The first-order valence-corrected chi connectivity index (χ1v) is 3.40. The summed E-state index contributed by atoms with van der Waals surface area (Å²) in [5.41, 5.74) is 5.11. The molecule has 0 atom stereocenters. The van der Waals surface area contributed by atoms with E-state index in [1.807, 2.05) is 0 Å². The van der Waals surface area contributed by atoms with Crippen molar-refractivity contribution in [1.82, 2.24) is 0 Å². The average molecular weight is 182 g/mol. The monoisotopic (exact) mass is 181 g/mol. The second kappa shape index (κ2) is 5.38. The molecule has 0 spiro atoms. The molecule has 0 aromatic carbocycles. The minimum Gasteiger partial charge on any atom is -0.466 e. The summed E-state index contributed by atoms with van der Waals surface area (Å²) in [6.07, 6.45) is 0.279. The van der Waals surface area contributed by atoms with Gasteiger partial charge in [0.2, 0.25) is 0 Å². The predicted molar refractivity (Wildman–Crippen MR) is 46.8 cm³/mol. The van der Waals surface area contributed by atoms with Crippen molar-refractivity contribution in [2.45, 2.75) is 32.7 Å². The fourth-order valence-corrected chi connectivity index (χ4v) is 0.584. The van der Waals surface area contributed by atoms with E-state index in [9.17, 15) is 4.79 Å². The lowest BCUT2D eigenvalue weighted by atomic mass is 10.0. The molecule has 0 saturated heterocycles. The Morgan fingerprint density at radius 1 is 1.55 bits per heavy atom. The molecule has 3 nitrogen and oxygen atoms in total. The number of nitrogens with two attached hydrogens (primary N) is 1. The Kier molecular flexibility index (Phi) is 6.52. The zero-order chi connectivity index (χ0) is 8.20. The normalized spacial score (nSPS) is 10.2. The zero-order valence-electron chi connectivity index (χ0n) is 7.22. The van der Waals surface area contributed by atoms with Gasteiger partial charge in [-0.1, -0.05) is 0 Å². The summed E-state index contributed by atoms with van der Waals surface area (Å²) in [7, 11) is 0. The molecule has 0 heterocycles. The highest BCUT2D eigenvalue weighted by molar-refractivity contribution is 5.85. The van der Waals surface area contributed by atoms with Crippen LogP contribution in [0.15, 0.2) is 0 Å². The van der Waals surface area contributed by atoms with Gasteiger partial charge in [0.1, 0.15) is 0 Å². The topological polar surface area (TPSA) is 52.3 Å². The summed E-state index contributed by atoms with van der Waals surface area (Å²) in [5, 5.41) is 0. The molecular formula is C7H16ClNO2. The summed E-state index contributed by atoms with van der Waals surface area (Å²) in [6, 6.07) is 0. The van der Waals surface area contributed by atoms with Crippen molar-refractivity contribution in [3.05, 3.63) is 0 Å². The highest BCUT2D eigenvalue weighted by Gasteiger charge is 2.16. The van der Waals surface area contributed by atoms with Crippen molar-refractivity contribution in [3.8, 4) is 0 Å². The van der Waals surface area contributed by atoms with E-state index in [1.165, 1.54) is 0 Å². The SMILES string of the molecule is CCOC(=O)CC(C)(C)N.Cl. The molecule has 2 N–H and O–H groups in total. The Labute approximate surface area is 73.7 Å². The maximum absolute atomic E-state index is 10.8. The molecule has 0 aliphatic rings. The number of halogens is 1. The van der Waals surface area contributed by atoms with Crippen LogP contribution in [0.5, 0.6) is 0 Å². The van der Waals surface area contributed by atoms with Gasteiger partial charge in [0, 0.05) is 5.54 Å². The third-order valence-corrected chi connectivity index (χ3v) is 0.905. The molecule has 0 aliphatic carbocycles. The fourth-order valence-electron chi connectivity index (χ4n) is 0.584. The average Bonchev–Trinajstić information content (AvgIpc) is 1.59. The summed E-state index contributed by atoms with van der Waals surface area (Å²) < 4.78 is 4.70. The van der Waals surface area contributed by atoms with Gasteiger partial charge in [0.05, 0.1) is 13.0 Å². The van der Waals surface area contributed by atoms with Crippen LogP contribution in [0.2, 0.25) is 0 Å². The molecule has 0 fully saturated rings. The van der Waals surface area contributed by atoms with Crippen LogP contribution in [0.4, 0.5) is 0 Å². The molecule has 4 heteroatoms. The number of ether oxygens (including phenoxy) is 1. The maximum Gasteiger partial charge on any atom is 0.307 e. The number of esters is 1. The highest BCUT2D eigenvalue weighted by atomic mass is 35.5. The van der Waals surface area contributed by atoms with Crippen LogP contribution in [-0.2, 0) is 9.53 Å². The molecule has 68 valence electrons. The van der Waals surface area contributed by atoms with Gasteiger partial charge in [-0.2, -0.15) is 0 Å². The Balaban J connectivity index is 0. The van der Waals surface area contributed by atoms with E-state index in [-0.39, 0.29) is 24.8 Å². The zero-order valence-corrected chi connectivity index (χ0v) is 8.03. The Bertz CT molecular complexity index is 120. The minimum absolute atomic E-state index is 0. The summed E-state index contributed by atoms with van der Waals surface area (Å²) in [6.45, 7) is 5.80. The third kappa shape index (κ3) is 9.72. The van der Waals surface area contributed by atoms with Crippen LogP contribution < -0.4 is 5.73 Å². The fraction of sp³-hybridized carbons (Fsp3) is 0.857. The van der Waals surface area contributed by atoms with Crippen molar-refractivity contribution in [2.75, 3.05) is 6.61 Å². The standard InChI is InChI=1S/C7H15NO2.ClH/c1-4-10-6(9)5-7(2,3)8;/h4-5,8H2,1-3H3;1H. The van der Waals surface area contributed by atoms with Gasteiger partial charge < -0.3 is 10.5 Å². The lowest BCUT2D eigenvalue weighted by Gasteiger charge is -2.16. The van der Waals surface area contributed by atoms with Gasteiger partial charge in [-0.15, -0.1) is 12.4 Å². The summed E-state index contributed by atoms with van der Waals surface area (Å²) in [5.74, 6) is -0.227. The third-order valence-electron chi connectivity index (χ3n) is 0.905. The molecule has 0 saturated carbocycles. The molecule has 0 amide bonds. The van der Waals surface area contributed by atoms with Crippen molar-refractivity contribution in [2.24, 2.45) is 5.73 Å². The predicted octanol–water partition coefficient (Wildman–Crippen LogP) is 1.10. The highest BCUT2D eigenvalue weighted by Crippen LogP contribution is 2.03. The summed E-state index contributed by atoms with van der Waals surface area (Å²) >= 11 is 0. The number of carbonyl (C=O) groups excluding carboxylic acids is 1. The van der Waals surface area contributed by atoms with E-state index >= 15 is 0 Å². The smallest absolute Gasteiger partial charge is 0.307 e. The Morgan fingerprint density at radius 3 is 2.27 bits per heavy atom. The number of hydrogen-bond donors (Lipinski definition) is 1. The first kappa shape index (κ1) is 13.3. The maximum atomic E-state index is 10.8. The van der Waals surface area contributed by atoms with E-state index in [4.69, 9.17) is 10.5 Å². The van der Waals surface area contributed by atoms with E-state index in [0.717, 1.165) is 0 Å². The van der Waals surface area contributed by atoms with E-state index in [2.05, 4.69) is 0 Å². The summed E-state index contributed by atoms with van der Waals surface area (Å²) in [4.78, 5) is 10.8. The van der Waals surface area contributed by atoms with Gasteiger partial charge in [0.25, 0.3) is 0 Å². The van der Waals surface area contributed by atoms with Gasteiger partial charge in [-0.25, -0.2) is 0 Å². The van der Waals surface area contributed by atoms with Crippen molar-refractivity contribution in [3.63, 3.8) is 0 Å². The molecule has 0 aliphatic heterocycles. The van der Waals surface area contributed by atoms with E-state index in [0.29, 0.717) is 6.61 Å². The molecule has 0 aromatic heterocycles. The Morgan fingerprint density at radius 2 is 2.00 bits per heavy atom. The van der Waals surface area contributed by atoms with Crippen LogP contribution in [0.25, 0.3) is 0 Å². The van der Waals surface area contributed by atoms with Gasteiger partial charge >= 0.3 is 5.97 Å². The van der Waals surface area contributed by atoms with Crippen LogP contribution >= 0.6 is 12.4 Å². The van der Waals surface area contributed by atoms with Crippen LogP contribution in [0.3, 0.4) is 0 Å². The van der Waals surface area contributed by atoms with Gasteiger partial charge in [0.15, 0.2) is 0 Å². The quantitative estimate of drug-likeness (QED) is 0.664. The van der Waals surface area contributed by atoms with Crippen LogP contribution in [0.1, 0.15) is 27.2 Å². The lowest BCUT2D eigenvalue weighted by Crippen LogP contribution is -2.35. The van der Waals surface area contributed by atoms with E-state index < -0.39 is 5.54 Å².